The Bertz CT molecular complexity index is 1170. The third-order valence-corrected chi connectivity index (χ3v) is 9.51. The number of aryl methyl sites for hydroxylation is 2. The van der Waals surface area contributed by atoms with Gasteiger partial charge in [0, 0.05) is 17.9 Å². The number of Topliss-reactive ketones (excluding diaryl/α,β-unsaturated/α-hetero) is 3. The van der Waals surface area contributed by atoms with Crippen molar-refractivity contribution in [2.24, 2.45) is 29.6 Å². The first kappa shape index (κ1) is 32.0. The van der Waals surface area contributed by atoms with Gasteiger partial charge in [0.1, 0.15) is 11.6 Å². The second kappa shape index (κ2) is 14.4. The number of ketones is 3. The van der Waals surface area contributed by atoms with Crippen LogP contribution in [0.15, 0.2) is 36.4 Å². The van der Waals surface area contributed by atoms with E-state index >= 15 is 0 Å². The van der Waals surface area contributed by atoms with Crippen LogP contribution in [0.4, 0.5) is 0 Å². The minimum Gasteiger partial charge on any atom is -0.300 e. The molecule has 218 valence electrons. The molecule has 3 rings (SSSR count). The predicted molar refractivity (Wildman–Crippen MR) is 166 cm³/mol. The average Bonchev–Trinajstić information content (AvgIpc) is 2.88. The van der Waals surface area contributed by atoms with Crippen LogP contribution >= 0.6 is 0 Å². The summed E-state index contributed by atoms with van der Waals surface area (Å²) in [5, 5.41) is 0. The lowest BCUT2D eigenvalue weighted by Gasteiger charge is -2.38. The van der Waals surface area contributed by atoms with Crippen molar-refractivity contribution in [2.75, 3.05) is 0 Å². The Hall–Kier alpha value is -2.55. The summed E-state index contributed by atoms with van der Waals surface area (Å²) in [4.78, 5) is 39.0. The molecule has 1 aliphatic rings. The van der Waals surface area contributed by atoms with Gasteiger partial charge in [-0.2, -0.15) is 0 Å². The maximum absolute atomic E-state index is 13.9. The van der Waals surface area contributed by atoms with Gasteiger partial charge in [-0.1, -0.05) is 84.4 Å². The Labute approximate surface area is 243 Å². The zero-order chi connectivity index (χ0) is 29.6. The van der Waals surface area contributed by atoms with Crippen LogP contribution in [0.3, 0.4) is 0 Å². The highest BCUT2D eigenvalue weighted by molar-refractivity contribution is 6.01. The fraction of sp³-hybridized carbons (Fsp3) is 0.595. The molecule has 0 saturated carbocycles. The summed E-state index contributed by atoms with van der Waals surface area (Å²) in [6.45, 7) is 16.9. The topological polar surface area (TPSA) is 51.2 Å². The first-order valence-electron chi connectivity index (χ1n) is 15.7. The van der Waals surface area contributed by atoms with Crippen molar-refractivity contribution < 1.29 is 14.4 Å². The van der Waals surface area contributed by atoms with Gasteiger partial charge in [0.15, 0.2) is 5.78 Å². The van der Waals surface area contributed by atoms with Gasteiger partial charge in [-0.25, -0.2) is 0 Å². The van der Waals surface area contributed by atoms with Crippen LogP contribution in [0.5, 0.6) is 0 Å². The molecule has 2 aromatic rings. The van der Waals surface area contributed by atoms with Crippen LogP contribution in [0.2, 0.25) is 0 Å². The van der Waals surface area contributed by atoms with E-state index in [-0.39, 0.29) is 41.5 Å². The number of carbonyl (C=O) groups excluding carboxylic acids is 3. The molecular formula is C37H52O3. The highest BCUT2D eigenvalue weighted by Crippen LogP contribution is 2.43. The van der Waals surface area contributed by atoms with Gasteiger partial charge in [0.2, 0.25) is 0 Å². The summed E-state index contributed by atoms with van der Waals surface area (Å²) in [5.74, 6) is 1.77. The summed E-state index contributed by atoms with van der Waals surface area (Å²) >= 11 is 0. The Balaban J connectivity index is 1.95. The van der Waals surface area contributed by atoms with Gasteiger partial charge < -0.3 is 0 Å². The lowest BCUT2D eigenvalue weighted by atomic mass is 9.65. The summed E-state index contributed by atoms with van der Waals surface area (Å²) in [6.07, 6.45) is 6.01. The number of fused-ring (bicyclic) bond motifs is 1. The standard InChI is InChI=1S/C37H52O3/c1-9-30(23(3)4)33(31(10-2)35(39)18-25(7)38)19-28-20-34-32(24(5)6)22-29(26(8)37(34)36(40)21-28)17-16-27-14-12-11-13-15-27/h11-15,22-24,28,30-31,33H,9-10,16-21H2,1-8H3. The van der Waals surface area contributed by atoms with Crippen LogP contribution in [0.1, 0.15) is 125 Å². The number of rotatable bonds is 14. The van der Waals surface area contributed by atoms with Gasteiger partial charge in [0.25, 0.3) is 0 Å². The molecule has 3 nitrogen and oxygen atoms in total. The van der Waals surface area contributed by atoms with Crippen LogP contribution < -0.4 is 0 Å². The van der Waals surface area contributed by atoms with E-state index in [1.165, 1.54) is 29.2 Å². The first-order valence-corrected chi connectivity index (χ1v) is 15.7. The molecule has 0 saturated heterocycles. The maximum Gasteiger partial charge on any atom is 0.163 e. The van der Waals surface area contributed by atoms with E-state index in [1.54, 1.807) is 0 Å². The highest BCUT2D eigenvalue weighted by atomic mass is 16.1. The Morgan fingerprint density at radius 3 is 2.15 bits per heavy atom. The zero-order valence-electron chi connectivity index (χ0n) is 26.3. The molecule has 4 atom stereocenters. The van der Waals surface area contributed by atoms with Gasteiger partial charge in [-0.15, -0.1) is 0 Å². The second-order valence-corrected chi connectivity index (χ2v) is 13.0. The Morgan fingerprint density at radius 1 is 0.925 bits per heavy atom. The van der Waals surface area contributed by atoms with Crippen molar-refractivity contribution in [3.05, 3.63) is 69.8 Å². The Kier molecular flexibility index (Phi) is 11.5. The molecule has 0 aliphatic heterocycles. The quantitative estimate of drug-likeness (QED) is 0.223. The van der Waals surface area contributed by atoms with Crippen molar-refractivity contribution >= 4 is 17.3 Å². The fourth-order valence-electron chi connectivity index (χ4n) is 7.54. The van der Waals surface area contributed by atoms with Crippen LogP contribution in [0, 0.1) is 36.5 Å². The van der Waals surface area contributed by atoms with E-state index in [1.807, 2.05) is 0 Å². The predicted octanol–water partition coefficient (Wildman–Crippen LogP) is 8.91. The molecule has 0 fully saturated rings. The molecular weight excluding hydrogens is 492 g/mol. The summed E-state index contributed by atoms with van der Waals surface area (Å²) in [6, 6.07) is 13.0. The molecule has 40 heavy (non-hydrogen) atoms. The zero-order valence-corrected chi connectivity index (χ0v) is 26.3. The summed E-state index contributed by atoms with van der Waals surface area (Å²) in [5.41, 5.74) is 7.31. The van der Waals surface area contributed by atoms with Crippen LogP contribution in [0.25, 0.3) is 0 Å². The molecule has 0 heterocycles. The lowest BCUT2D eigenvalue weighted by molar-refractivity contribution is -0.130. The Morgan fingerprint density at radius 2 is 1.60 bits per heavy atom. The second-order valence-electron chi connectivity index (χ2n) is 13.0. The summed E-state index contributed by atoms with van der Waals surface area (Å²) < 4.78 is 0. The van der Waals surface area contributed by atoms with Crippen molar-refractivity contribution in [3.63, 3.8) is 0 Å². The van der Waals surface area contributed by atoms with Gasteiger partial charge in [-0.3, -0.25) is 14.4 Å². The summed E-state index contributed by atoms with van der Waals surface area (Å²) in [7, 11) is 0. The maximum atomic E-state index is 13.9. The SMILES string of the molecule is CCC(C(=O)CC(C)=O)C(CC1CC(=O)c2c(C)c(CCc3ccccc3)cc(C(C)C)c2C1)C(CC)C(C)C. The van der Waals surface area contributed by atoms with Crippen LogP contribution in [-0.4, -0.2) is 17.3 Å². The minimum atomic E-state index is -0.126. The number of hydrogen-bond acceptors (Lipinski definition) is 3. The molecule has 0 bridgehead atoms. The van der Waals surface area contributed by atoms with E-state index in [2.05, 4.69) is 84.9 Å². The lowest BCUT2D eigenvalue weighted by Crippen LogP contribution is -2.35. The number of benzene rings is 2. The molecule has 2 aromatic carbocycles. The van der Waals surface area contributed by atoms with Crippen LogP contribution in [-0.2, 0) is 28.9 Å². The molecule has 4 unspecified atom stereocenters. The third-order valence-electron chi connectivity index (χ3n) is 9.51. The molecule has 0 spiro atoms. The fourth-order valence-corrected chi connectivity index (χ4v) is 7.54. The molecule has 0 radical (unpaired) electrons. The van der Waals surface area contributed by atoms with E-state index in [9.17, 15) is 14.4 Å². The van der Waals surface area contributed by atoms with Crippen molar-refractivity contribution in [2.45, 2.75) is 113 Å². The van der Waals surface area contributed by atoms with E-state index in [4.69, 9.17) is 0 Å². The average molecular weight is 545 g/mol. The molecule has 3 heteroatoms. The smallest absolute Gasteiger partial charge is 0.163 e. The molecule has 0 aromatic heterocycles. The molecule has 0 amide bonds. The van der Waals surface area contributed by atoms with E-state index < -0.39 is 0 Å². The number of carbonyl (C=O) groups is 3. The molecule has 0 N–H and O–H groups in total. The highest BCUT2D eigenvalue weighted by Gasteiger charge is 2.38. The largest absolute Gasteiger partial charge is 0.300 e. The van der Waals surface area contributed by atoms with E-state index in [0.717, 1.165) is 49.7 Å². The van der Waals surface area contributed by atoms with E-state index in [0.29, 0.717) is 24.2 Å². The first-order chi connectivity index (χ1) is 19.0. The van der Waals surface area contributed by atoms with Gasteiger partial charge >= 0.3 is 0 Å². The van der Waals surface area contributed by atoms with Gasteiger partial charge in [-0.05, 0) is 103 Å². The minimum absolute atomic E-state index is 0.0262. The molecule has 1 aliphatic carbocycles. The van der Waals surface area contributed by atoms with Gasteiger partial charge in [0.05, 0.1) is 6.42 Å². The van der Waals surface area contributed by atoms with Crippen molar-refractivity contribution in [1.82, 2.24) is 0 Å². The third kappa shape index (κ3) is 7.59. The van der Waals surface area contributed by atoms with Crippen molar-refractivity contribution in [3.8, 4) is 0 Å². The monoisotopic (exact) mass is 544 g/mol. The van der Waals surface area contributed by atoms with Crippen molar-refractivity contribution in [1.29, 1.82) is 0 Å². The normalized spacial score (nSPS) is 17.6. The number of hydrogen-bond donors (Lipinski definition) is 0.